The zero-order valence-electron chi connectivity index (χ0n) is 16.6. The van der Waals surface area contributed by atoms with Crippen LogP contribution in [-0.4, -0.2) is 17.2 Å². The van der Waals surface area contributed by atoms with Crippen LogP contribution < -0.4 is 5.32 Å². The van der Waals surface area contributed by atoms with Gasteiger partial charge in [0.2, 0.25) is 5.91 Å². The van der Waals surface area contributed by atoms with E-state index in [-0.39, 0.29) is 17.2 Å². The molecule has 0 fully saturated rings. The zero-order chi connectivity index (χ0) is 18.3. The Balaban J connectivity index is 0.00000625. The molecule has 0 aromatic heterocycles. The molecule has 0 aliphatic heterocycles. The van der Waals surface area contributed by atoms with Gasteiger partial charge in [0.15, 0.2) is 5.78 Å². The van der Waals surface area contributed by atoms with Crippen LogP contribution in [0.15, 0.2) is 24.3 Å². The lowest BCUT2D eigenvalue weighted by Gasteiger charge is -2.06. The van der Waals surface area contributed by atoms with Crippen LogP contribution >= 0.6 is 0 Å². The second-order valence-electron chi connectivity index (χ2n) is 6.97. The Bertz CT molecular complexity index is 497. The summed E-state index contributed by atoms with van der Waals surface area (Å²) in [5.74, 6) is 0.102. The Morgan fingerprint density at radius 1 is 0.769 bits per heavy atom. The zero-order valence-corrected chi connectivity index (χ0v) is 16.6. The van der Waals surface area contributed by atoms with Crippen LogP contribution in [-0.2, 0) is 4.79 Å². The third-order valence-electron chi connectivity index (χ3n) is 4.58. The van der Waals surface area contributed by atoms with Crippen molar-refractivity contribution >= 4 is 17.4 Å². The molecular formula is C22H37NO3. The summed E-state index contributed by atoms with van der Waals surface area (Å²) >= 11 is 0. The second-order valence-corrected chi connectivity index (χ2v) is 6.97. The molecule has 0 saturated heterocycles. The van der Waals surface area contributed by atoms with Crippen LogP contribution in [0.5, 0.6) is 0 Å². The highest BCUT2D eigenvalue weighted by Gasteiger charge is 2.03. The molecule has 0 heterocycles. The lowest BCUT2D eigenvalue weighted by atomic mass is 10.1. The standard InChI is InChI=1S/C22H35NO2.H2O/c1-3-4-5-6-7-8-9-10-11-12-13-14-22(25)23-21-17-15-20(16-18-21)19(2)24;/h15-18H,3-14H2,1-2H3,(H,23,25);1H2. The number of nitrogens with one attached hydrogen (secondary N) is 1. The SMILES string of the molecule is CCCCCCCCCCCCCC(=O)Nc1ccc(C(C)=O)cc1.O. The highest BCUT2D eigenvalue weighted by molar-refractivity contribution is 5.95. The predicted molar refractivity (Wildman–Crippen MR) is 110 cm³/mol. The van der Waals surface area contributed by atoms with Gasteiger partial charge in [-0.3, -0.25) is 9.59 Å². The van der Waals surface area contributed by atoms with Gasteiger partial charge in [-0.15, -0.1) is 0 Å². The highest BCUT2D eigenvalue weighted by Crippen LogP contribution is 2.13. The van der Waals surface area contributed by atoms with Crippen molar-refractivity contribution in [1.29, 1.82) is 0 Å². The largest absolute Gasteiger partial charge is 0.412 e. The van der Waals surface area contributed by atoms with E-state index in [1.807, 2.05) is 0 Å². The molecule has 0 unspecified atom stereocenters. The van der Waals surface area contributed by atoms with Crippen LogP contribution in [0.1, 0.15) is 101 Å². The third kappa shape index (κ3) is 11.8. The minimum absolute atomic E-state index is 0. The van der Waals surface area contributed by atoms with Gasteiger partial charge in [0, 0.05) is 17.7 Å². The fraction of sp³-hybridized carbons (Fsp3) is 0.636. The highest BCUT2D eigenvalue weighted by atomic mass is 16.1. The summed E-state index contributed by atoms with van der Waals surface area (Å²) in [6.45, 7) is 3.80. The Morgan fingerprint density at radius 2 is 1.23 bits per heavy atom. The van der Waals surface area contributed by atoms with E-state index in [2.05, 4.69) is 12.2 Å². The number of ketones is 1. The summed E-state index contributed by atoms with van der Waals surface area (Å²) in [4.78, 5) is 23.1. The number of hydrogen-bond donors (Lipinski definition) is 1. The summed E-state index contributed by atoms with van der Waals surface area (Å²) in [7, 11) is 0. The first-order valence-electron chi connectivity index (χ1n) is 10.0. The van der Waals surface area contributed by atoms with Crippen molar-refractivity contribution < 1.29 is 15.1 Å². The average molecular weight is 364 g/mol. The molecular weight excluding hydrogens is 326 g/mol. The van der Waals surface area contributed by atoms with E-state index < -0.39 is 0 Å². The molecule has 0 spiro atoms. The molecule has 26 heavy (non-hydrogen) atoms. The Kier molecular flexibility index (Phi) is 14.6. The van der Waals surface area contributed by atoms with Crippen LogP contribution in [0.2, 0.25) is 0 Å². The fourth-order valence-electron chi connectivity index (χ4n) is 2.96. The first-order chi connectivity index (χ1) is 12.1. The summed E-state index contributed by atoms with van der Waals surface area (Å²) in [6, 6.07) is 7.07. The van der Waals surface area contributed by atoms with Crippen molar-refractivity contribution in [2.45, 2.75) is 90.9 Å². The lowest BCUT2D eigenvalue weighted by Crippen LogP contribution is -2.11. The maximum Gasteiger partial charge on any atom is 0.224 e. The molecule has 3 N–H and O–H groups in total. The summed E-state index contributed by atoms with van der Waals surface area (Å²) in [5, 5.41) is 2.89. The monoisotopic (exact) mass is 363 g/mol. The van der Waals surface area contributed by atoms with E-state index >= 15 is 0 Å². The van der Waals surface area contributed by atoms with E-state index in [1.165, 1.54) is 57.8 Å². The van der Waals surface area contributed by atoms with Gasteiger partial charge in [-0.2, -0.15) is 0 Å². The molecule has 0 bridgehead atoms. The molecule has 0 aliphatic carbocycles. The molecule has 1 rings (SSSR count). The van der Waals surface area contributed by atoms with Gasteiger partial charge in [-0.25, -0.2) is 0 Å². The molecule has 1 amide bonds. The van der Waals surface area contributed by atoms with Crippen LogP contribution in [0.4, 0.5) is 5.69 Å². The predicted octanol–water partition coefficient (Wildman–Crippen LogP) is 5.70. The summed E-state index contributed by atoms with van der Waals surface area (Å²) in [6.07, 6.45) is 14.7. The Hall–Kier alpha value is -1.68. The maximum absolute atomic E-state index is 11.9. The molecule has 4 nitrogen and oxygen atoms in total. The fourth-order valence-corrected chi connectivity index (χ4v) is 2.96. The smallest absolute Gasteiger partial charge is 0.224 e. The van der Waals surface area contributed by atoms with Crippen molar-refractivity contribution in [2.24, 2.45) is 0 Å². The van der Waals surface area contributed by atoms with Crippen molar-refractivity contribution in [3.8, 4) is 0 Å². The van der Waals surface area contributed by atoms with Gasteiger partial charge in [-0.1, -0.05) is 71.1 Å². The number of Topliss-reactive ketones (excluding diaryl/α,β-unsaturated/α-hetero) is 1. The van der Waals surface area contributed by atoms with Gasteiger partial charge in [-0.05, 0) is 37.6 Å². The average Bonchev–Trinajstić information content (AvgIpc) is 2.60. The molecule has 1 aromatic rings. The van der Waals surface area contributed by atoms with Crippen LogP contribution in [0, 0.1) is 0 Å². The van der Waals surface area contributed by atoms with E-state index in [9.17, 15) is 9.59 Å². The normalized spacial score (nSPS) is 10.2. The number of anilines is 1. The second kappa shape index (κ2) is 15.6. The van der Waals surface area contributed by atoms with Gasteiger partial charge >= 0.3 is 0 Å². The summed E-state index contributed by atoms with van der Waals surface area (Å²) in [5.41, 5.74) is 1.43. The molecule has 1 aromatic carbocycles. The van der Waals surface area contributed by atoms with Gasteiger partial charge in [0.1, 0.15) is 0 Å². The maximum atomic E-state index is 11.9. The number of benzene rings is 1. The minimum atomic E-state index is 0. The number of hydrogen-bond acceptors (Lipinski definition) is 2. The number of carbonyl (C=O) groups is 2. The van der Waals surface area contributed by atoms with Crippen molar-refractivity contribution in [3.63, 3.8) is 0 Å². The number of amides is 1. The van der Waals surface area contributed by atoms with Gasteiger partial charge < -0.3 is 10.8 Å². The molecule has 0 radical (unpaired) electrons. The van der Waals surface area contributed by atoms with Crippen LogP contribution in [0.25, 0.3) is 0 Å². The lowest BCUT2D eigenvalue weighted by molar-refractivity contribution is -0.116. The third-order valence-corrected chi connectivity index (χ3v) is 4.58. The van der Waals surface area contributed by atoms with E-state index in [0.29, 0.717) is 12.0 Å². The number of carbonyl (C=O) groups excluding carboxylic acids is 2. The molecule has 148 valence electrons. The number of unbranched alkanes of at least 4 members (excludes halogenated alkanes) is 10. The van der Waals surface area contributed by atoms with Gasteiger partial charge in [0.25, 0.3) is 0 Å². The topological polar surface area (TPSA) is 77.7 Å². The van der Waals surface area contributed by atoms with Crippen LogP contribution in [0.3, 0.4) is 0 Å². The quantitative estimate of drug-likeness (QED) is 0.340. The Morgan fingerprint density at radius 3 is 1.69 bits per heavy atom. The number of rotatable bonds is 14. The van der Waals surface area contributed by atoms with Crippen molar-refractivity contribution in [3.05, 3.63) is 29.8 Å². The summed E-state index contributed by atoms with van der Waals surface area (Å²) < 4.78 is 0. The Labute approximate surface area is 159 Å². The first-order valence-corrected chi connectivity index (χ1v) is 10.0. The van der Waals surface area contributed by atoms with Crippen molar-refractivity contribution in [2.75, 3.05) is 5.32 Å². The minimum Gasteiger partial charge on any atom is -0.412 e. The molecule has 0 saturated carbocycles. The molecule has 0 atom stereocenters. The molecule has 4 heteroatoms. The van der Waals surface area contributed by atoms with E-state index in [0.717, 1.165) is 18.5 Å². The van der Waals surface area contributed by atoms with E-state index in [1.54, 1.807) is 31.2 Å². The van der Waals surface area contributed by atoms with Gasteiger partial charge in [0.05, 0.1) is 0 Å². The molecule has 0 aliphatic rings. The van der Waals surface area contributed by atoms with E-state index in [4.69, 9.17) is 0 Å². The van der Waals surface area contributed by atoms with Crippen molar-refractivity contribution in [1.82, 2.24) is 0 Å². The first kappa shape index (κ1) is 24.3.